The summed E-state index contributed by atoms with van der Waals surface area (Å²) >= 11 is 0. The molecule has 0 saturated heterocycles. The highest BCUT2D eigenvalue weighted by Crippen LogP contribution is 2.23. The standard InChI is InChI=1S/C13H18N2O3S/c1-3-19(16,17)15-7-6-10-9-14-13-5-4-11(18-2)8-12(10)13/h4-5,8-9,14-15H,3,6-7H2,1-2H3. The van der Waals surface area contributed by atoms with E-state index in [1.165, 1.54) is 0 Å². The summed E-state index contributed by atoms with van der Waals surface area (Å²) < 4.78 is 30.5. The fourth-order valence-electron chi connectivity index (χ4n) is 1.93. The maximum Gasteiger partial charge on any atom is 0.211 e. The molecule has 2 N–H and O–H groups in total. The number of sulfonamides is 1. The van der Waals surface area contributed by atoms with Crippen molar-refractivity contribution in [2.75, 3.05) is 19.4 Å². The van der Waals surface area contributed by atoms with Gasteiger partial charge < -0.3 is 9.72 Å². The second-order valence-corrected chi connectivity index (χ2v) is 6.37. The minimum Gasteiger partial charge on any atom is -0.497 e. The molecular formula is C13H18N2O3S. The van der Waals surface area contributed by atoms with Crippen LogP contribution in [0.3, 0.4) is 0 Å². The van der Waals surface area contributed by atoms with Crippen molar-refractivity contribution in [3.05, 3.63) is 30.0 Å². The largest absolute Gasteiger partial charge is 0.497 e. The van der Waals surface area contributed by atoms with E-state index in [1.54, 1.807) is 14.0 Å². The second kappa shape index (κ2) is 5.63. The van der Waals surface area contributed by atoms with Gasteiger partial charge in [0, 0.05) is 23.6 Å². The summed E-state index contributed by atoms with van der Waals surface area (Å²) in [6.07, 6.45) is 2.55. The molecule has 0 unspecified atom stereocenters. The van der Waals surface area contributed by atoms with E-state index < -0.39 is 10.0 Å². The van der Waals surface area contributed by atoms with Crippen LogP contribution in [0.4, 0.5) is 0 Å². The smallest absolute Gasteiger partial charge is 0.211 e. The van der Waals surface area contributed by atoms with Crippen molar-refractivity contribution in [3.63, 3.8) is 0 Å². The molecule has 2 aromatic rings. The van der Waals surface area contributed by atoms with Crippen LogP contribution in [0.25, 0.3) is 10.9 Å². The lowest BCUT2D eigenvalue weighted by Gasteiger charge is -2.04. The molecule has 0 fully saturated rings. The van der Waals surface area contributed by atoms with Gasteiger partial charge >= 0.3 is 0 Å². The Morgan fingerprint density at radius 3 is 2.84 bits per heavy atom. The van der Waals surface area contributed by atoms with Crippen molar-refractivity contribution in [3.8, 4) is 5.75 Å². The molecule has 0 bridgehead atoms. The molecule has 2 rings (SSSR count). The zero-order chi connectivity index (χ0) is 13.9. The fraction of sp³-hybridized carbons (Fsp3) is 0.385. The summed E-state index contributed by atoms with van der Waals surface area (Å²) in [6.45, 7) is 2.03. The van der Waals surface area contributed by atoms with Crippen molar-refractivity contribution in [2.24, 2.45) is 0 Å². The summed E-state index contributed by atoms with van der Waals surface area (Å²) in [6, 6.07) is 5.80. The third kappa shape index (κ3) is 3.27. The van der Waals surface area contributed by atoms with Crippen molar-refractivity contribution in [1.29, 1.82) is 0 Å². The Balaban J connectivity index is 2.12. The van der Waals surface area contributed by atoms with E-state index in [4.69, 9.17) is 4.74 Å². The number of nitrogens with one attached hydrogen (secondary N) is 2. The number of hydrogen-bond donors (Lipinski definition) is 2. The Morgan fingerprint density at radius 1 is 1.37 bits per heavy atom. The van der Waals surface area contributed by atoms with E-state index in [-0.39, 0.29) is 5.75 Å². The lowest BCUT2D eigenvalue weighted by molar-refractivity contribution is 0.415. The highest BCUT2D eigenvalue weighted by Gasteiger charge is 2.08. The third-order valence-corrected chi connectivity index (χ3v) is 4.47. The number of benzene rings is 1. The van der Waals surface area contributed by atoms with Crippen LogP contribution < -0.4 is 9.46 Å². The Labute approximate surface area is 113 Å². The van der Waals surface area contributed by atoms with Gasteiger partial charge in [0.2, 0.25) is 10.0 Å². The van der Waals surface area contributed by atoms with Gasteiger partial charge in [-0.1, -0.05) is 0 Å². The van der Waals surface area contributed by atoms with E-state index in [9.17, 15) is 8.42 Å². The summed E-state index contributed by atoms with van der Waals surface area (Å²) in [5.41, 5.74) is 2.10. The van der Waals surface area contributed by atoms with Crippen molar-refractivity contribution >= 4 is 20.9 Å². The summed E-state index contributed by atoms with van der Waals surface area (Å²) in [5.74, 6) is 0.900. The number of methoxy groups -OCH3 is 1. The summed E-state index contributed by atoms with van der Waals surface area (Å²) in [7, 11) is -1.50. The number of hydrogen-bond acceptors (Lipinski definition) is 3. The lowest BCUT2D eigenvalue weighted by atomic mass is 10.1. The van der Waals surface area contributed by atoms with Gasteiger partial charge in [0.15, 0.2) is 0 Å². The maximum absolute atomic E-state index is 11.4. The maximum atomic E-state index is 11.4. The average Bonchev–Trinajstić information content (AvgIpc) is 2.81. The van der Waals surface area contributed by atoms with E-state index in [2.05, 4.69) is 9.71 Å². The zero-order valence-corrected chi connectivity index (χ0v) is 11.9. The molecule has 104 valence electrons. The van der Waals surface area contributed by atoms with Gasteiger partial charge in [-0.3, -0.25) is 0 Å². The first-order chi connectivity index (χ1) is 9.05. The average molecular weight is 282 g/mol. The quantitative estimate of drug-likeness (QED) is 0.846. The number of fused-ring (bicyclic) bond motifs is 1. The van der Waals surface area contributed by atoms with Gasteiger partial charge in [0.25, 0.3) is 0 Å². The second-order valence-electron chi connectivity index (χ2n) is 4.27. The number of rotatable bonds is 6. The van der Waals surface area contributed by atoms with E-state index >= 15 is 0 Å². The number of H-pyrrole nitrogens is 1. The van der Waals surface area contributed by atoms with E-state index in [1.807, 2.05) is 24.4 Å². The molecule has 1 aromatic heterocycles. The van der Waals surface area contributed by atoms with Gasteiger partial charge in [0.05, 0.1) is 12.9 Å². The molecule has 0 saturated carbocycles. The molecule has 6 heteroatoms. The molecule has 0 aliphatic rings. The van der Waals surface area contributed by atoms with Crippen molar-refractivity contribution < 1.29 is 13.2 Å². The van der Waals surface area contributed by atoms with Gasteiger partial charge in [0.1, 0.15) is 5.75 Å². The number of ether oxygens (including phenoxy) is 1. The molecule has 0 aliphatic carbocycles. The number of aromatic nitrogens is 1. The van der Waals surface area contributed by atoms with Crippen LogP contribution in [0.5, 0.6) is 5.75 Å². The Hall–Kier alpha value is -1.53. The molecule has 1 aromatic carbocycles. The fourth-order valence-corrected chi connectivity index (χ4v) is 2.55. The molecule has 0 atom stereocenters. The molecule has 0 amide bonds. The SMILES string of the molecule is CCS(=O)(=O)NCCc1c[nH]c2ccc(OC)cc12. The van der Waals surface area contributed by atoms with Crippen LogP contribution in [0, 0.1) is 0 Å². The minimum absolute atomic E-state index is 0.106. The van der Waals surface area contributed by atoms with Gasteiger partial charge in [-0.2, -0.15) is 0 Å². The Kier molecular flexibility index (Phi) is 4.11. The molecule has 19 heavy (non-hydrogen) atoms. The highest BCUT2D eigenvalue weighted by molar-refractivity contribution is 7.89. The van der Waals surface area contributed by atoms with Crippen LogP contribution in [0.2, 0.25) is 0 Å². The summed E-state index contributed by atoms with van der Waals surface area (Å²) in [5, 5.41) is 1.06. The molecular weight excluding hydrogens is 264 g/mol. The van der Waals surface area contributed by atoms with Crippen LogP contribution >= 0.6 is 0 Å². The molecule has 0 radical (unpaired) electrons. The van der Waals surface area contributed by atoms with Gasteiger partial charge in [-0.25, -0.2) is 13.1 Å². The first kappa shape index (κ1) is 13.9. The minimum atomic E-state index is -3.12. The van der Waals surface area contributed by atoms with E-state index in [0.29, 0.717) is 13.0 Å². The first-order valence-corrected chi connectivity index (χ1v) is 7.82. The Morgan fingerprint density at radius 2 is 2.16 bits per heavy atom. The summed E-state index contributed by atoms with van der Waals surface area (Å²) in [4.78, 5) is 3.17. The van der Waals surface area contributed by atoms with Crippen LogP contribution in [-0.4, -0.2) is 32.8 Å². The van der Waals surface area contributed by atoms with Crippen LogP contribution in [0.15, 0.2) is 24.4 Å². The third-order valence-electron chi connectivity index (χ3n) is 3.07. The molecule has 0 spiro atoms. The zero-order valence-electron chi connectivity index (χ0n) is 11.1. The predicted molar refractivity (Wildman–Crippen MR) is 76.0 cm³/mol. The Bertz CT molecular complexity index is 662. The lowest BCUT2D eigenvalue weighted by Crippen LogP contribution is -2.27. The van der Waals surface area contributed by atoms with Crippen molar-refractivity contribution in [1.82, 2.24) is 9.71 Å². The van der Waals surface area contributed by atoms with E-state index in [0.717, 1.165) is 22.2 Å². The topological polar surface area (TPSA) is 71.2 Å². The molecule has 1 heterocycles. The number of aromatic amines is 1. The van der Waals surface area contributed by atoms with Crippen molar-refractivity contribution in [2.45, 2.75) is 13.3 Å². The molecule has 5 nitrogen and oxygen atoms in total. The highest BCUT2D eigenvalue weighted by atomic mass is 32.2. The van der Waals surface area contributed by atoms with Crippen LogP contribution in [-0.2, 0) is 16.4 Å². The monoisotopic (exact) mass is 282 g/mol. The normalized spacial score (nSPS) is 11.9. The molecule has 0 aliphatic heterocycles. The predicted octanol–water partition coefficient (Wildman–Crippen LogP) is 1.66. The van der Waals surface area contributed by atoms with Gasteiger partial charge in [-0.15, -0.1) is 0 Å². The van der Waals surface area contributed by atoms with Crippen LogP contribution in [0.1, 0.15) is 12.5 Å². The van der Waals surface area contributed by atoms with Gasteiger partial charge in [-0.05, 0) is 37.1 Å². The first-order valence-electron chi connectivity index (χ1n) is 6.17.